The Bertz CT molecular complexity index is 1110. The van der Waals surface area contributed by atoms with Gasteiger partial charge in [0.05, 0.1) is 24.5 Å². The maximum absolute atomic E-state index is 14.7. The van der Waals surface area contributed by atoms with Crippen molar-refractivity contribution in [3.05, 3.63) is 71.0 Å². The highest BCUT2D eigenvalue weighted by atomic mass is 35.5. The van der Waals surface area contributed by atoms with Crippen LogP contribution >= 0.6 is 23.4 Å². The summed E-state index contributed by atoms with van der Waals surface area (Å²) in [5.74, 6) is 0.699. The van der Waals surface area contributed by atoms with Gasteiger partial charge < -0.3 is 15.0 Å². The van der Waals surface area contributed by atoms with Gasteiger partial charge in [0.1, 0.15) is 11.9 Å². The zero-order chi connectivity index (χ0) is 24.1. The van der Waals surface area contributed by atoms with Crippen LogP contribution in [0, 0.1) is 5.82 Å². The Morgan fingerprint density at radius 1 is 1.15 bits per heavy atom. The Morgan fingerprint density at radius 2 is 1.88 bits per heavy atom. The second kappa shape index (κ2) is 10.9. The molecule has 0 spiro atoms. The van der Waals surface area contributed by atoms with Gasteiger partial charge >= 0.3 is 6.09 Å². The molecular formula is C24H23ClFN3O4S. The normalized spacial score (nSPS) is 18.3. The fourth-order valence-electron chi connectivity index (χ4n) is 3.70. The van der Waals surface area contributed by atoms with Gasteiger partial charge in [-0.1, -0.05) is 11.6 Å². The first kappa shape index (κ1) is 24.1. The predicted octanol–water partition coefficient (Wildman–Crippen LogP) is 3.91. The molecule has 34 heavy (non-hydrogen) atoms. The Kier molecular flexibility index (Phi) is 7.74. The van der Waals surface area contributed by atoms with Crippen LogP contribution < -0.4 is 15.1 Å². The van der Waals surface area contributed by atoms with E-state index in [1.54, 1.807) is 36.4 Å². The number of hydrogen-bond donors (Lipinski definition) is 1. The molecule has 0 radical (unpaired) electrons. The monoisotopic (exact) mass is 503 g/mol. The Balaban J connectivity index is 1.29. The maximum atomic E-state index is 14.7. The van der Waals surface area contributed by atoms with Crippen molar-refractivity contribution in [2.75, 3.05) is 47.5 Å². The number of thioether (sulfide) groups is 1. The summed E-state index contributed by atoms with van der Waals surface area (Å²) < 4.78 is 20.0. The molecule has 2 aromatic carbocycles. The molecule has 0 saturated carbocycles. The van der Waals surface area contributed by atoms with E-state index in [9.17, 15) is 18.8 Å². The zero-order valence-electron chi connectivity index (χ0n) is 18.2. The fraction of sp³-hybridized carbons (Fsp3) is 0.292. The van der Waals surface area contributed by atoms with Crippen LogP contribution in [-0.4, -0.2) is 61.6 Å². The molecule has 1 N–H and O–H groups in total. The lowest BCUT2D eigenvalue weighted by molar-refractivity contribution is -0.116. The predicted molar refractivity (Wildman–Crippen MR) is 131 cm³/mol. The lowest BCUT2D eigenvalue weighted by Crippen LogP contribution is -2.34. The minimum absolute atomic E-state index is 0.0621. The molecular weight excluding hydrogens is 481 g/mol. The molecule has 2 aromatic rings. The summed E-state index contributed by atoms with van der Waals surface area (Å²) in [5, 5.41) is 3.12. The average Bonchev–Trinajstić information content (AvgIpc) is 3.22. The van der Waals surface area contributed by atoms with Gasteiger partial charge in [0.2, 0.25) is 5.91 Å². The molecule has 0 unspecified atom stereocenters. The molecule has 4 rings (SSSR count). The number of ketones is 1. The van der Waals surface area contributed by atoms with Crippen molar-refractivity contribution in [2.45, 2.75) is 6.10 Å². The number of carbonyl (C=O) groups excluding carboxylic acids is 3. The van der Waals surface area contributed by atoms with Crippen molar-refractivity contribution in [1.29, 1.82) is 0 Å². The Morgan fingerprint density at radius 3 is 2.59 bits per heavy atom. The third-order valence-electron chi connectivity index (χ3n) is 5.49. The van der Waals surface area contributed by atoms with Crippen molar-refractivity contribution >= 4 is 52.5 Å². The number of nitrogens with zero attached hydrogens (tertiary/aromatic N) is 2. The molecule has 2 fully saturated rings. The third kappa shape index (κ3) is 5.90. The first-order chi connectivity index (χ1) is 16.4. The second-order valence-electron chi connectivity index (χ2n) is 7.80. The van der Waals surface area contributed by atoms with E-state index in [4.69, 9.17) is 16.3 Å². The number of amides is 2. The van der Waals surface area contributed by atoms with Gasteiger partial charge in [-0.2, -0.15) is 11.8 Å². The zero-order valence-corrected chi connectivity index (χ0v) is 19.8. The van der Waals surface area contributed by atoms with Crippen molar-refractivity contribution < 1.29 is 23.5 Å². The molecule has 2 saturated heterocycles. The summed E-state index contributed by atoms with van der Waals surface area (Å²) >= 11 is 7.64. The van der Waals surface area contributed by atoms with Crippen LogP contribution in [-0.2, 0) is 9.53 Å². The summed E-state index contributed by atoms with van der Waals surface area (Å²) in [5.41, 5.74) is 1.34. The van der Waals surface area contributed by atoms with E-state index in [2.05, 4.69) is 5.32 Å². The topological polar surface area (TPSA) is 79.0 Å². The van der Waals surface area contributed by atoms with Gasteiger partial charge in [0.25, 0.3) is 0 Å². The molecule has 2 aliphatic heterocycles. The SMILES string of the molecule is O=C(/C=C\C(=O)c1ccc(Cl)cc1)NC[C@H]1CN(c2ccc(N3CCSCC3)c(F)c2)C(=O)O1. The summed E-state index contributed by atoms with van der Waals surface area (Å²) in [4.78, 5) is 39.8. The first-order valence-electron chi connectivity index (χ1n) is 10.8. The number of anilines is 2. The molecule has 178 valence electrons. The summed E-state index contributed by atoms with van der Waals surface area (Å²) in [6, 6.07) is 11.1. The van der Waals surface area contributed by atoms with Gasteiger partial charge in [-0.25, -0.2) is 9.18 Å². The van der Waals surface area contributed by atoms with Gasteiger partial charge in [0, 0.05) is 41.3 Å². The van der Waals surface area contributed by atoms with E-state index in [0.717, 1.165) is 36.7 Å². The van der Waals surface area contributed by atoms with Crippen LogP contribution in [0.15, 0.2) is 54.6 Å². The molecule has 2 heterocycles. The Labute approximate surface area is 205 Å². The largest absolute Gasteiger partial charge is 0.442 e. The standard InChI is InChI=1S/C24H23ClFN3O4S/c25-17-3-1-16(2-4-17)22(30)7-8-23(31)27-14-19-15-29(24(32)33-19)18-5-6-21(20(26)13-18)28-9-11-34-12-10-28/h1-8,13,19H,9-12,14-15H2,(H,27,31)/b8-7-/t19-/m0/s1. The smallest absolute Gasteiger partial charge is 0.414 e. The fourth-order valence-corrected chi connectivity index (χ4v) is 4.73. The van der Waals surface area contributed by atoms with Crippen LogP contribution in [0.3, 0.4) is 0 Å². The number of benzene rings is 2. The lowest BCUT2D eigenvalue weighted by atomic mass is 10.1. The lowest BCUT2D eigenvalue weighted by Gasteiger charge is -2.29. The molecule has 0 bridgehead atoms. The van der Waals surface area contributed by atoms with E-state index in [1.807, 2.05) is 16.7 Å². The number of carbonyl (C=O) groups is 3. The average molecular weight is 504 g/mol. The number of allylic oxidation sites excluding steroid dienone is 1. The molecule has 1 atom stereocenters. The number of nitrogens with one attached hydrogen (secondary N) is 1. The van der Waals surface area contributed by atoms with Gasteiger partial charge in [-0.3, -0.25) is 14.5 Å². The molecule has 10 heteroatoms. The van der Waals surface area contributed by atoms with Crippen molar-refractivity contribution in [1.82, 2.24) is 5.32 Å². The Hall–Kier alpha value is -3.04. The highest BCUT2D eigenvalue weighted by molar-refractivity contribution is 7.99. The van der Waals surface area contributed by atoms with E-state index < -0.39 is 18.1 Å². The van der Waals surface area contributed by atoms with Crippen LogP contribution in [0.25, 0.3) is 0 Å². The number of rotatable bonds is 7. The highest BCUT2D eigenvalue weighted by Crippen LogP contribution is 2.29. The van der Waals surface area contributed by atoms with E-state index in [1.165, 1.54) is 11.0 Å². The van der Waals surface area contributed by atoms with E-state index >= 15 is 0 Å². The molecule has 7 nitrogen and oxygen atoms in total. The summed E-state index contributed by atoms with van der Waals surface area (Å²) in [7, 11) is 0. The maximum Gasteiger partial charge on any atom is 0.414 e. The summed E-state index contributed by atoms with van der Waals surface area (Å²) in [6.07, 6.45) is 1.09. The van der Waals surface area contributed by atoms with Crippen molar-refractivity contribution in [2.24, 2.45) is 0 Å². The van der Waals surface area contributed by atoms with Crippen molar-refractivity contribution in [3.63, 3.8) is 0 Å². The third-order valence-corrected chi connectivity index (χ3v) is 6.68. The number of ether oxygens (including phenoxy) is 1. The van der Waals surface area contributed by atoms with Gasteiger partial charge in [-0.15, -0.1) is 0 Å². The molecule has 2 amide bonds. The van der Waals surface area contributed by atoms with Crippen LogP contribution in [0.1, 0.15) is 10.4 Å². The van der Waals surface area contributed by atoms with Crippen LogP contribution in [0.5, 0.6) is 0 Å². The molecule has 0 aliphatic carbocycles. The number of hydrogen-bond acceptors (Lipinski definition) is 6. The van der Waals surface area contributed by atoms with Crippen LogP contribution in [0.4, 0.5) is 20.6 Å². The summed E-state index contributed by atoms with van der Waals surface area (Å²) in [6.45, 7) is 1.81. The highest BCUT2D eigenvalue weighted by Gasteiger charge is 2.33. The van der Waals surface area contributed by atoms with Crippen LogP contribution in [0.2, 0.25) is 5.02 Å². The van der Waals surface area contributed by atoms with Crippen molar-refractivity contribution in [3.8, 4) is 0 Å². The van der Waals surface area contributed by atoms with Gasteiger partial charge in [0.15, 0.2) is 5.78 Å². The minimum Gasteiger partial charge on any atom is -0.442 e. The van der Waals surface area contributed by atoms with Gasteiger partial charge in [-0.05, 0) is 48.5 Å². The quantitative estimate of drug-likeness (QED) is 0.456. The molecule has 0 aromatic heterocycles. The second-order valence-corrected chi connectivity index (χ2v) is 9.46. The van der Waals surface area contributed by atoms with E-state index in [-0.39, 0.29) is 24.7 Å². The van der Waals surface area contributed by atoms with E-state index in [0.29, 0.717) is 22.0 Å². The number of halogens is 2. The first-order valence-corrected chi connectivity index (χ1v) is 12.3. The molecule has 2 aliphatic rings. The minimum atomic E-state index is -0.603. The number of cyclic esters (lactones) is 1.